The van der Waals surface area contributed by atoms with E-state index in [9.17, 15) is 9.59 Å². The van der Waals surface area contributed by atoms with Crippen LogP contribution in [-0.4, -0.2) is 19.6 Å². The molecule has 0 saturated heterocycles. The predicted octanol–water partition coefficient (Wildman–Crippen LogP) is 5.34. The topological polar surface area (TPSA) is 80.6 Å². The molecule has 0 bridgehead atoms. The quantitative estimate of drug-likeness (QED) is 0.333. The Bertz CT molecular complexity index is 1330. The summed E-state index contributed by atoms with van der Waals surface area (Å²) < 4.78 is 10.7. The first kappa shape index (κ1) is 23.1. The van der Waals surface area contributed by atoms with Gasteiger partial charge in [-0.3, -0.25) is 4.79 Å². The number of amides is 1. The van der Waals surface area contributed by atoms with Gasteiger partial charge in [-0.15, -0.1) is 0 Å². The molecule has 174 valence electrons. The lowest BCUT2D eigenvalue weighted by atomic mass is 10.0. The number of ether oxygens (including phenoxy) is 1. The van der Waals surface area contributed by atoms with Gasteiger partial charge in [0.25, 0.3) is 0 Å². The normalized spacial score (nSPS) is 10.8. The molecule has 4 rings (SSSR count). The maximum atomic E-state index is 12.5. The van der Waals surface area contributed by atoms with Gasteiger partial charge in [-0.2, -0.15) is 0 Å². The molecule has 4 aromatic rings. The highest BCUT2D eigenvalue weighted by Gasteiger charge is 2.14. The van der Waals surface area contributed by atoms with Gasteiger partial charge in [-0.25, -0.2) is 4.79 Å². The van der Waals surface area contributed by atoms with Crippen molar-refractivity contribution in [1.82, 2.24) is 0 Å². The molecule has 0 radical (unpaired) electrons. The smallest absolute Gasteiger partial charge is 0.339 e. The number of carbonyl (C=O) groups excluding carboxylic acids is 1. The summed E-state index contributed by atoms with van der Waals surface area (Å²) in [5.41, 5.74) is 4.40. The van der Waals surface area contributed by atoms with Crippen LogP contribution < -0.4 is 21.0 Å². The molecule has 2 N–H and O–H groups in total. The van der Waals surface area contributed by atoms with E-state index in [4.69, 9.17) is 9.15 Å². The van der Waals surface area contributed by atoms with Crippen molar-refractivity contribution in [3.63, 3.8) is 0 Å². The third-order valence-corrected chi connectivity index (χ3v) is 5.85. The fourth-order valence-corrected chi connectivity index (χ4v) is 3.92. The van der Waals surface area contributed by atoms with Gasteiger partial charge in [-0.05, 0) is 67.3 Å². The molecule has 3 aromatic carbocycles. The fourth-order valence-electron chi connectivity index (χ4n) is 3.92. The van der Waals surface area contributed by atoms with Gasteiger partial charge in [0, 0.05) is 41.4 Å². The molecule has 0 atom stereocenters. The largest absolute Gasteiger partial charge is 0.497 e. The van der Waals surface area contributed by atoms with E-state index in [0.717, 1.165) is 29.6 Å². The van der Waals surface area contributed by atoms with Crippen molar-refractivity contribution in [3.8, 4) is 5.75 Å². The van der Waals surface area contributed by atoms with Crippen LogP contribution in [0.15, 0.2) is 82.0 Å². The van der Waals surface area contributed by atoms with Gasteiger partial charge in [0.1, 0.15) is 11.3 Å². The maximum absolute atomic E-state index is 12.5. The summed E-state index contributed by atoms with van der Waals surface area (Å²) in [5.74, 6) is 0.470. The Labute approximate surface area is 198 Å². The lowest BCUT2D eigenvalue weighted by Gasteiger charge is -2.10. The van der Waals surface area contributed by atoms with E-state index in [0.29, 0.717) is 29.0 Å². The van der Waals surface area contributed by atoms with Gasteiger partial charge in [0.2, 0.25) is 5.91 Å². The number of rotatable bonds is 9. The Morgan fingerprint density at radius 2 is 1.68 bits per heavy atom. The minimum absolute atomic E-state index is 0.154. The number of benzene rings is 3. The standard InChI is InChI=1S/C28H28N2O4/c1-19-24-13-12-23(33-2)18-26(24)34-28(32)25(19)14-15-27(31)30-22-10-8-21(9-11-22)29-17-16-20-6-4-3-5-7-20/h3-13,18,29H,14-17H2,1-2H3,(H,30,31). The summed E-state index contributed by atoms with van der Waals surface area (Å²) in [5, 5.41) is 7.12. The first-order valence-electron chi connectivity index (χ1n) is 11.3. The molecule has 0 unspecified atom stereocenters. The number of methoxy groups -OCH3 is 1. The van der Waals surface area contributed by atoms with Crippen LogP contribution in [0.3, 0.4) is 0 Å². The number of nitrogens with one attached hydrogen (secondary N) is 2. The van der Waals surface area contributed by atoms with E-state index in [2.05, 4.69) is 22.8 Å². The summed E-state index contributed by atoms with van der Waals surface area (Å²) in [6.45, 7) is 2.71. The summed E-state index contributed by atoms with van der Waals surface area (Å²) in [4.78, 5) is 25.0. The molecule has 1 aromatic heterocycles. The van der Waals surface area contributed by atoms with E-state index < -0.39 is 5.63 Å². The molecular weight excluding hydrogens is 428 g/mol. The molecule has 0 aliphatic carbocycles. The Hall–Kier alpha value is -4.06. The number of aryl methyl sites for hydroxylation is 1. The van der Waals surface area contributed by atoms with Crippen molar-refractivity contribution in [2.75, 3.05) is 24.3 Å². The molecule has 6 heteroatoms. The third kappa shape index (κ3) is 5.64. The van der Waals surface area contributed by atoms with Gasteiger partial charge in [0.15, 0.2) is 0 Å². The summed E-state index contributed by atoms with van der Waals surface area (Å²) in [6, 6.07) is 23.3. The average Bonchev–Trinajstić information content (AvgIpc) is 2.85. The van der Waals surface area contributed by atoms with Crippen molar-refractivity contribution in [3.05, 3.63) is 99.9 Å². The van der Waals surface area contributed by atoms with Crippen LogP contribution in [0.5, 0.6) is 5.75 Å². The van der Waals surface area contributed by atoms with E-state index in [1.165, 1.54) is 5.56 Å². The third-order valence-electron chi connectivity index (χ3n) is 5.85. The molecular formula is C28H28N2O4. The van der Waals surface area contributed by atoms with E-state index in [-0.39, 0.29) is 12.3 Å². The Morgan fingerprint density at radius 1 is 0.941 bits per heavy atom. The monoisotopic (exact) mass is 456 g/mol. The molecule has 0 fully saturated rings. The Kier molecular flexibility index (Phi) is 7.28. The van der Waals surface area contributed by atoms with Gasteiger partial charge in [-0.1, -0.05) is 30.3 Å². The zero-order valence-electron chi connectivity index (χ0n) is 19.4. The van der Waals surface area contributed by atoms with E-state index in [1.807, 2.05) is 61.5 Å². The lowest BCUT2D eigenvalue weighted by Crippen LogP contribution is -2.16. The van der Waals surface area contributed by atoms with E-state index in [1.54, 1.807) is 13.2 Å². The molecule has 1 heterocycles. The zero-order chi connectivity index (χ0) is 23.9. The highest BCUT2D eigenvalue weighted by Crippen LogP contribution is 2.24. The van der Waals surface area contributed by atoms with Crippen molar-refractivity contribution in [2.45, 2.75) is 26.2 Å². The predicted molar refractivity (Wildman–Crippen MR) is 136 cm³/mol. The van der Waals surface area contributed by atoms with Crippen LogP contribution in [0.4, 0.5) is 11.4 Å². The summed E-state index contributed by atoms with van der Waals surface area (Å²) in [7, 11) is 1.56. The van der Waals surface area contributed by atoms with Crippen LogP contribution in [0.1, 0.15) is 23.1 Å². The Morgan fingerprint density at radius 3 is 2.41 bits per heavy atom. The van der Waals surface area contributed by atoms with Crippen LogP contribution in [0.25, 0.3) is 11.0 Å². The number of carbonyl (C=O) groups is 1. The van der Waals surface area contributed by atoms with Crippen molar-refractivity contribution in [2.24, 2.45) is 0 Å². The van der Waals surface area contributed by atoms with Crippen LogP contribution in [-0.2, 0) is 17.6 Å². The Balaban J connectivity index is 1.31. The second-order valence-corrected chi connectivity index (χ2v) is 8.14. The first-order chi connectivity index (χ1) is 16.5. The maximum Gasteiger partial charge on any atom is 0.339 e. The zero-order valence-corrected chi connectivity index (χ0v) is 19.4. The summed E-state index contributed by atoms with van der Waals surface area (Å²) in [6.07, 6.45) is 1.43. The van der Waals surface area contributed by atoms with Crippen LogP contribution in [0, 0.1) is 6.92 Å². The summed E-state index contributed by atoms with van der Waals surface area (Å²) >= 11 is 0. The van der Waals surface area contributed by atoms with Crippen LogP contribution >= 0.6 is 0 Å². The molecule has 6 nitrogen and oxygen atoms in total. The second-order valence-electron chi connectivity index (χ2n) is 8.14. The molecule has 0 spiro atoms. The molecule has 0 aliphatic rings. The van der Waals surface area contributed by atoms with Gasteiger partial charge in [0.05, 0.1) is 7.11 Å². The molecule has 34 heavy (non-hydrogen) atoms. The lowest BCUT2D eigenvalue weighted by molar-refractivity contribution is -0.116. The molecule has 0 aliphatic heterocycles. The fraction of sp³-hybridized carbons (Fsp3) is 0.214. The minimum Gasteiger partial charge on any atom is -0.497 e. The number of hydrogen-bond donors (Lipinski definition) is 2. The van der Waals surface area contributed by atoms with Crippen molar-refractivity contribution in [1.29, 1.82) is 0 Å². The number of hydrogen-bond acceptors (Lipinski definition) is 5. The number of fused-ring (bicyclic) bond motifs is 1. The van der Waals surface area contributed by atoms with Crippen LogP contribution in [0.2, 0.25) is 0 Å². The van der Waals surface area contributed by atoms with Crippen molar-refractivity contribution < 1.29 is 13.9 Å². The van der Waals surface area contributed by atoms with Gasteiger partial charge >= 0.3 is 5.63 Å². The molecule has 1 amide bonds. The highest BCUT2D eigenvalue weighted by molar-refractivity contribution is 5.91. The SMILES string of the molecule is COc1ccc2c(C)c(CCC(=O)Nc3ccc(NCCc4ccccc4)cc3)c(=O)oc2c1. The first-order valence-corrected chi connectivity index (χ1v) is 11.3. The minimum atomic E-state index is -0.419. The van der Waals surface area contributed by atoms with Gasteiger partial charge < -0.3 is 19.8 Å². The highest BCUT2D eigenvalue weighted by atomic mass is 16.5. The number of anilines is 2. The second kappa shape index (κ2) is 10.7. The molecule has 0 saturated carbocycles. The average molecular weight is 457 g/mol. The van der Waals surface area contributed by atoms with Crippen molar-refractivity contribution >= 4 is 28.3 Å². The van der Waals surface area contributed by atoms with E-state index >= 15 is 0 Å².